The van der Waals surface area contributed by atoms with Crippen LogP contribution in [0, 0.1) is 12.8 Å². The van der Waals surface area contributed by atoms with Crippen LogP contribution in [0.5, 0.6) is 5.75 Å². The molecule has 0 amide bonds. The zero-order valence-corrected chi connectivity index (χ0v) is 16.5. The van der Waals surface area contributed by atoms with Gasteiger partial charge in [0.2, 0.25) is 0 Å². The van der Waals surface area contributed by atoms with E-state index in [1.807, 2.05) is 6.20 Å². The summed E-state index contributed by atoms with van der Waals surface area (Å²) in [4.78, 5) is 21.2. The Morgan fingerprint density at radius 1 is 1.14 bits per heavy atom. The van der Waals surface area contributed by atoms with Gasteiger partial charge in [-0.25, -0.2) is 9.97 Å². The highest BCUT2D eigenvalue weighted by Gasteiger charge is 2.26. The Labute approximate surface area is 169 Å². The minimum atomic E-state index is -0.106. The van der Waals surface area contributed by atoms with E-state index in [0.29, 0.717) is 11.9 Å². The van der Waals surface area contributed by atoms with Crippen molar-refractivity contribution in [2.24, 2.45) is 5.92 Å². The fourth-order valence-electron chi connectivity index (χ4n) is 4.18. The van der Waals surface area contributed by atoms with E-state index in [2.05, 4.69) is 40.2 Å². The van der Waals surface area contributed by atoms with Gasteiger partial charge >= 0.3 is 0 Å². The molecule has 1 aromatic carbocycles. The van der Waals surface area contributed by atoms with Gasteiger partial charge in [-0.15, -0.1) is 0 Å². The molecule has 2 aliphatic carbocycles. The molecule has 2 aromatic heterocycles. The average molecular weight is 388 g/mol. The van der Waals surface area contributed by atoms with E-state index in [-0.39, 0.29) is 5.56 Å². The smallest absolute Gasteiger partial charge is 0.277 e. The Balaban J connectivity index is 1.41. The molecule has 0 aliphatic heterocycles. The van der Waals surface area contributed by atoms with Crippen molar-refractivity contribution in [1.82, 2.24) is 19.7 Å². The van der Waals surface area contributed by atoms with E-state index in [0.717, 1.165) is 48.7 Å². The fourth-order valence-corrected chi connectivity index (χ4v) is 4.18. The van der Waals surface area contributed by atoms with Crippen LogP contribution in [-0.2, 0) is 12.8 Å². The first-order valence-electron chi connectivity index (χ1n) is 10.3. The number of benzene rings is 1. The second-order valence-corrected chi connectivity index (χ2v) is 8.08. The first kappa shape index (κ1) is 18.0. The lowest BCUT2D eigenvalue weighted by molar-refractivity contribution is 0.297. The summed E-state index contributed by atoms with van der Waals surface area (Å²) in [6, 6.07) is 8.07. The minimum absolute atomic E-state index is 0.106. The molecule has 0 N–H and O–H groups in total. The van der Waals surface area contributed by atoms with Crippen molar-refractivity contribution in [3.8, 4) is 11.7 Å². The van der Waals surface area contributed by atoms with Crippen LogP contribution in [0.3, 0.4) is 0 Å². The maximum atomic E-state index is 12.9. The topological polar surface area (TPSA) is 69.9 Å². The number of hydrogen-bond acceptors (Lipinski definition) is 5. The second kappa shape index (κ2) is 7.43. The third kappa shape index (κ3) is 3.55. The zero-order valence-electron chi connectivity index (χ0n) is 16.5. The van der Waals surface area contributed by atoms with Crippen LogP contribution in [0.15, 0.2) is 47.7 Å². The SMILES string of the molecule is Cc1c(OCC2CC2)cccc1C1CCc2c(cnn(-c3ncccn3)c2=O)C1. The Bertz CT molecular complexity index is 1090. The molecular weight excluding hydrogens is 364 g/mol. The van der Waals surface area contributed by atoms with E-state index < -0.39 is 0 Å². The Morgan fingerprint density at radius 3 is 2.76 bits per heavy atom. The van der Waals surface area contributed by atoms with Crippen LogP contribution in [0.25, 0.3) is 5.95 Å². The number of rotatable bonds is 5. The highest BCUT2D eigenvalue weighted by Crippen LogP contribution is 2.36. The quantitative estimate of drug-likeness (QED) is 0.670. The third-order valence-corrected chi connectivity index (χ3v) is 6.06. The summed E-state index contributed by atoms with van der Waals surface area (Å²) in [6.45, 7) is 2.97. The van der Waals surface area contributed by atoms with Crippen molar-refractivity contribution in [1.29, 1.82) is 0 Å². The van der Waals surface area contributed by atoms with Crippen LogP contribution >= 0.6 is 0 Å². The lowest BCUT2D eigenvalue weighted by atomic mass is 9.79. The number of ether oxygens (including phenoxy) is 1. The van der Waals surface area contributed by atoms with Crippen LogP contribution in [0.4, 0.5) is 0 Å². The van der Waals surface area contributed by atoms with Crippen LogP contribution < -0.4 is 10.3 Å². The number of nitrogens with zero attached hydrogens (tertiary/aromatic N) is 4. The monoisotopic (exact) mass is 388 g/mol. The maximum absolute atomic E-state index is 12.9. The first-order chi connectivity index (χ1) is 14.2. The molecule has 1 atom stereocenters. The van der Waals surface area contributed by atoms with Crippen molar-refractivity contribution in [3.63, 3.8) is 0 Å². The molecule has 29 heavy (non-hydrogen) atoms. The highest BCUT2D eigenvalue weighted by molar-refractivity contribution is 5.43. The van der Waals surface area contributed by atoms with Crippen molar-refractivity contribution in [3.05, 3.63) is 75.5 Å². The van der Waals surface area contributed by atoms with E-state index >= 15 is 0 Å². The van der Waals surface area contributed by atoms with E-state index in [9.17, 15) is 4.79 Å². The van der Waals surface area contributed by atoms with Gasteiger partial charge in [0.05, 0.1) is 12.8 Å². The number of hydrogen-bond donors (Lipinski definition) is 0. The lowest BCUT2D eigenvalue weighted by Gasteiger charge is -2.26. The van der Waals surface area contributed by atoms with Crippen molar-refractivity contribution in [2.45, 2.75) is 44.9 Å². The molecule has 3 aromatic rings. The summed E-state index contributed by atoms with van der Waals surface area (Å²) in [5.41, 5.74) is 4.30. The lowest BCUT2D eigenvalue weighted by Crippen LogP contribution is -2.30. The molecule has 0 radical (unpaired) electrons. The Kier molecular flexibility index (Phi) is 4.62. The van der Waals surface area contributed by atoms with Gasteiger partial charge in [-0.3, -0.25) is 4.79 Å². The van der Waals surface area contributed by atoms with Gasteiger partial charge in [0.25, 0.3) is 11.5 Å². The third-order valence-electron chi connectivity index (χ3n) is 6.06. The molecule has 5 rings (SSSR count). The van der Waals surface area contributed by atoms with Crippen LogP contribution in [-0.4, -0.2) is 26.4 Å². The second-order valence-electron chi connectivity index (χ2n) is 8.08. The molecule has 0 spiro atoms. The summed E-state index contributed by atoms with van der Waals surface area (Å²) in [5.74, 6) is 2.42. The van der Waals surface area contributed by atoms with Gasteiger partial charge in [0.1, 0.15) is 5.75 Å². The number of aromatic nitrogens is 4. The largest absolute Gasteiger partial charge is 0.493 e. The van der Waals surface area contributed by atoms with Crippen LogP contribution in [0.1, 0.15) is 47.4 Å². The maximum Gasteiger partial charge on any atom is 0.277 e. The van der Waals surface area contributed by atoms with Gasteiger partial charge in [0, 0.05) is 18.0 Å². The van der Waals surface area contributed by atoms with Gasteiger partial charge in [0.15, 0.2) is 0 Å². The molecule has 1 unspecified atom stereocenters. The molecule has 1 fully saturated rings. The summed E-state index contributed by atoms with van der Waals surface area (Å²) in [6.07, 6.45) is 10.1. The highest BCUT2D eigenvalue weighted by atomic mass is 16.5. The summed E-state index contributed by atoms with van der Waals surface area (Å²) >= 11 is 0. The average Bonchev–Trinajstić information content (AvgIpc) is 3.58. The predicted octanol–water partition coefficient (Wildman–Crippen LogP) is 3.39. The summed E-state index contributed by atoms with van der Waals surface area (Å²) < 4.78 is 7.37. The fraction of sp³-hybridized carbons (Fsp3) is 0.391. The molecule has 2 aliphatic rings. The minimum Gasteiger partial charge on any atom is -0.493 e. The standard InChI is InChI=1S/C23H24N4O2/c1-15-19(4-2-5-21(15)29-14-16-6-7-16)17-8-9-20-18(12-17)13-26-27(22(20)28)23-24-10-3-11-25-23/h2-5,10-11,13,16-17H,6-9,12,14H2,1H3. The van der Waals surface area contributed by atoms with Crippen molar-refractivity contribution < 1.29 is 4.74 Å². The van der Waals surface area contributed by atoms with E-state index in [1.54, 1.807) is 18.5 Å². The molecule has 6 nitrogen and oxygen atoms in total. The van der Waals surface area contributed by atoms with Gasteiger partial charge < -0.3 is 4.74 Å². The summed E-state index contributed by atoms with van der Waals surface area (Å²) in [7, 11) is 0. The van der Waals surface area contributed by atoms with Gasteiger partial charge in [-0.05, 0) is 79.7 Å². The van der Waals surface area contributed by atoms with Crippen molar-refractivity contribution in [2.75, 3.05) is 6.61 Å². The molecule has 1 saturated carbocycles. The Hall–Kier alpha value is -3.02. The molecule has 148 valence electrons. The molecule has 0 bridgehead atoms. The zero-order chi connectivity index (χ0) is 19.8. The number of fused-ring (bicyclic) bond motifs is 1. The molecule has 6 heteroatoms. The molecule has 0 saturated heterocycles. The molecule has 2 heterocycles. The van der Waals surface area contributed by atoms with Gasteiger partial charge in [-0.2, -0.15) is 9.78 Å². The van der Waals surface area contributed by atoms with Gasteiger partial charge in [-0.1, -0.05) is 12.1 Å². The normalized spacial score (nSPS) is 18.3. The molecular formula is C23H24N4O2. The van der Waals surface area contributed by atoms with E-state index in [4.69, 9.17) is 4.74 Å². The first-order valence-corrected chi connectivity index (χ1v) is 10.3. The van der Waals surface area contributed by atoms with Crippen molar-refractivity contribution >= 4 is 0 Å². The Morgan fingerprint density at radius 2 is 1.97 bits per heavy atom. The van der Waals surface area contributed by atoms with E-state index in [1.165, 1.54) is 28.7 Å². The predicted molar refractivity (Wildman–Crippen MR) is 110 cm³/mol. The van der Waals surface area contributed by atoms with Crippen LogP contribution in [0.2, 0.25) is 0 Å². The summed E-state index contributed by atoms with van der Waals surface area (Å²) in [5, 5.41) is 4.34.